The van der Waals surface area contributed by atoms with Crippen molar-refractivity contribution in [1.82, 2.24) is 24.1 Å². The maximum atomic E-state index is 6.61. The summed E-state index contributed by atoms with van der Waals surface area (Å²) in [6.45, 7) is 0. The third kappa shape index (κ3) is 4.41. The Morgan fingerprint density at radius 2 is 0.914 bits per heavy atom. The van der Waals surface area contributed by atoms with Gasteiger partial charge in [-0.25, -0.2) is 4.98 Å². The van der Waals surface area contributed by atoms with E-state index in [1.807, 2.05) is 48.5 Å². The van der Waals surface area contributed by atoms with E-state index in [0.717, 1.165) is 98.9 Å². The Bertz CT molecular complexity index is 3760. The standard InChI is InChI=1S/C51H29N5O2/c1-2-12-30(13-3-1)49-52-50(54-51(53-49)56-42-19-9-4-14-33(42)34-15-5-10-20-43(34)56)31-22-24-37-40-29-32(23-27-45(40)57-46(37)28-31)55-41-18-8-6-16-35(41)38-25-26-39-36-17-7-11-21-44(36)58-48(39)47(38)55/h1-29H. The fourth-order valence-corrected chi connectivity index (χ4v) is 8.99. The topological polar surface area (TPSA) is 74.8 Å². The molecule has 8 aromatic carbocycles. The molecule has 0 saturated heterocycles. The lowest BCUT2D eigenvalue weighted by molar-refractivity contribution is 0.669. The second-order valence-electron chi connectivity index (χ2n) is 14.8. The quantitative estimate of drug-likeness (QED) is 0.179. The smallest absolute Gasteiger partial charge is 0.238 e. The second-order valence-corrected chi connectivity index (χ2v) is 14.8. The van der Waals surface area contributed by atoms with E-state index in [0.29, 0.717) is 17.6 Å². The van der Waals surface area contributed by atoms with Gasteiger partial charge in [0, 0.05) is 59.9 Å². The molecule has 5 aromatic heterocycles. The molecular formula is C51H29N5O2. The summed E-state index contributed by atoms with van der Waals surface area (Å²) in [4.78, 5) is 15.3. The van der Waals surface area contributed by atoms with E-state index >= 15 is 0 Å². The van der Waals surface area contributed by atoms with Gasteiger partial charge in [0.15, 0.2) is 17.2 Å². The van der Waals surface area contributed by atoms with Gasteiger partial charge in [0.05, 0.1) is 22.1 Å². The molecule has 0 atom stereocenters. The Balaban J connectivity index is 1.00. The summed E-state index contributed by atoms with van der Waals surface area (Å²) in [5.41, 5.74) is 10.3. The number of hydrogen-bond donors (Lipinski definition) is 0. The fraction of sp³-hybridized carbons (Fsp3) is 0. The van der Waals surface area contributed by atoms with Crippen LogP contribution in [0.15, 0.2) is 185 Å². The number of para-hydroxylation sites is 4. The lowest BCUT2D eigenvalue weighted by Crippen LogP contribution is -2.06. The molecule has 5 heterocycles. The Kier molecular flexibility index (Phi) is 6.32. The summed E-state index contributed by atoms with van der Waals surface area (Å²) >= 11 is 0. The van der Waals surface area contributed by atoms with Crippen molar-refractivity contribution in [3.8, 4) is 34.4 Å². The Morgan fingerprint density at radius 3 is 1.67 bits per heavy atom. The van der Waals surface area contributed by atoms with Gasteiger partial charge >= 0.3 is 0 Å². The van der Waals surface area contributed by atoms with Crippen LogP contribution in [0.2, 0.25) is 0 Å². The zero-order valence-electron chi connectivity index (χ0n) is 30.8. The third-order valence-corrected chi connectivity index (χ3v) is 11.6. The predicted molar refractivity (Wildman–Crippen MR) is 234 cm³/mol. The molecular weight excluding hydrogens is 715 g/mol. The Labute approximate surface area is 329 Å². The van der Waals surface area contributed by atoms with Crippen LogP contribution in [-0.4, -0.2) is 24.1 Å². The van der Waals surface area contributed by atoms with E-state index < -0.39 is 0 Å². The molecule has 13 aromatic rings. The molecule has 0 saturated carbocycles. The van der Waals surface area contributed by atoms with Crippen LogP contribution in [0, 0.1) is 0 Å². The molecule has 0 radical (unpaired) electrons. The summed E-state index contributed by atoms with van der Waals surface area (Å²) < 4.78 is 17.7. The largest absolute Gasteiger partial charge is 0.456 e. The molecule has 0 aliphatic carbocycles. The lowest BCUT2D eigenvalue weighted by atomic mass is 10.1. The molecule has 0 amide bonds. The van der Waals surface area contributed by atoms with Crippen molar-refractivity contribution in [1.29, 1.82) is 0 Å². The second kappa shape index (κ2) is 11.7. The van der Waals surface area contributed by atoms with Crippen LogP contribution in [-0.2, 0) is 0 Å². The number of aromatic nitrogens is 5. The number of nitrogens with zero attached hydrogens (tertiary/aromatic N) is 5. The average Bonchev–Trinajstić information content (AvgIpc) is 4.04. The van der Waals surface area contributed by atoms with Gasteiger partial charge in [-0.3, -0.25) is 4.57 Å². The highest BCUT2D eigenvalue weighted by atomic mass is 16.3. The van der Waals surface area contributed by atoms with Crippen LogP contribution in [0.3, 0.4) is 0 Å². The molecule has 0 unspecified atom stereocenters. The molecule has 270 valence electrons. The maximum Gasteiger partial charge on any atom is 0.238 e. The number of hydrogen-bond acceptors (Lipinski definition) is 5. The van der Waals surface area contributed by atoms with Crippen molar-refractivity contribution >= 4 is 87.5 Å². The molecule has 0 N–H and O–H groups in total. The normalized spacial score (nSPS) is 12.1. The minimum absolute atomic E-state index is 0.556. The highest BCUT2D eigenvalue weighted by Gasteiger charge is 2.21. The number of fused-ring (bicyclic) bond motifs is 13. The van der Waals surface area contributed by atoms with E-state index in [-0.39, 0.29) is 0 Å². The van der Waals surface area contributed by atoms with E-state index in [4.69, 9.17) is 23.8 Å². The average molecular weight is 744 g/mol. The van der Waals surface area contributed by atoms with Crippen LogP contribution in [0.25, 0.3) is 122 Å². The van der Waals surface area contributed by atoms with Crippen LogP contribution < -0.4 is 0 Å². The third-order valence-electron chi connectivity index (χ3n) is 11.6. The first-order chi connectivity index (χ1) is 28.7. The number of furan rings is 2. The lowest BCUT2D eigenvalue weighted by Gasteiger charge is -2.11. The minimum Gasteiger partial charge on any atom is -0.456 e. The van der Waals surface area contributed by atoms with Gasteiger partial charge in [-0.1, -0.05) is 115 Å². The molecule has 0 aliphatic rings. The van der Waals surface area contributed by atoms with Crippen molar-refractivity contribution in [2.24, 2.45) is 0 Å². The van der Waals surface area contributed by atoms with Gasteiger partial charge in [-0.2, -0.15) is 9.97 Å². The first-order valence-corrected chi connectivity index (χ1v) is 19.4. The summed E-state index contributed by atoms with van der Waals surface area (Å²) in [5.74, 6) is 1.72. The van der Waals surface area contributed by atoms with Crippen molar-refractivity contribution in [3.05, 3.63) is 176 Å². The van der Waals surface area contributed by atoms with E-state index in [9.17, 15) is 0 Å². The molecule has 7 nitrogen and oxygen atoms in total. The summed E-state index contributed by atoms with van der Waals surface area (Å²) in [6, 6.07) is 60.8. The van der Waals surface area contributed by atoms with Gasteiger partial charge in [0.1, 0.15) is 16.7 Å². The zero-order chi connectivity index (χ0) is 37.9. The van der Waals surface area contributed by atoms with Crippen LogP contribution >= 0.6 is 0 Å². The van der Waals surface area contributed by atoms with Crippen molar-refractivity contribution < 1.29 is 8.83 Å². The van der Waals surface area contributed by atoms with Gasteiger partial charge in [0.25, 0.3) is 0 Å². The molecule has 13 rings (SSSR count). The number of benzene rings is 8. The van der Waals surface area contributed by atoms with Crippen molar-refractivity contribution in [2.45, 2.75) is 0 Å². The number of rotatable bonds is 4. The fourth-order valence-electron chi connectivity index (χ4n) is 8.99. The van der Waals surface area contributed by atoms with Crippen LogP contribution in [0.1, 0.15) is 0 Å². The molecule has 58 heavy (non-hydrogen) atoms. The summed E-state index contributed by atoms with van der Waals surface area (Å²) in [6.07, 6.45) is 0. The van der Waals surface area contributed by atoms with Gasteiger partial charge in [-0.15, -0.1) is 0 Å². The van der Waals surface area contributed by atoms with E-state index in [1.54, 1.807) is 0 Å². The van der Waals surface area contributed by atoms with Crippen LogP contribution in [0.4, 0.5) is 0 Å². The van der Waals surface area contributed by atoms with Gasteiger partial charge in [0.2, 0.25) is 5.95 Å². The van der Waals surface area contributed by atoms with E-state index in [1.165, 1.54) is 5.39 Å². The molecule has 0 fully saturated rings. The maximum absolute atomic E-state index is 6.61. The predicted octanol–water partition coefficient (Wildman–Crippen LogP) is 13.2. The van der Waals surface area contributed by atoms with Crippen LogP contribution in [0.5, 0.6) is 0 Å². The monoisotopic (exact) mass is 743 g/mol. The van der Waals surface area contributed by atoms with Crippen molar-refractivity contribution in [3.63, 3.8) is 0 Å². The molecule has 0 spiro atoms. The Hall–Kier alpha value is -8.03. The molecule has 0 bridgehead atoms. The SMILES string of the molecule is c1ccc(-c2nc(-c3ccc4c(c3)oc3ccc(-n5c6ccccc6c6ccc7c8ccccc8oc7c65)cc34)nc(-n3c4ccccc4c4ccccc43)n2)cc1. The summed E-state index contributed by atoms with van der Waals surface area (Å²) in [5, 5.41) is 8.86. The molecule has 0 aliphatic heterocycles. The molecule has 7 heteroatoms. The van der Waals surface area contributed by atoms with Crippen molar-refractivity contribution in [2.75, 3.05) is 0 Å². The highest BCUT2D eigenvalue weighted by molar-refractivity contribution is 6.21. The first kappa shape index (κ1) is 31.2. The summed E-state index contributed by atoms with van der Waals surface area (Å²) in [7, 11) is 0. The first-order valence-electron chi connectivity index (χ1n) is 19.4. The zero-order valence-corrected chi connectivity index (χ0v) is 30.8. The highest BCUT2D eigenvalue weighted by Crippen LogP contribution is 2.42. The van der Waals surface area contributed by atoms with Gasteiger partial charge < -0.3 is 13.4 Å². The minimum atomic E-state index is 0.556. The van der Waals surface area contributed by atoms with E-state index in [2.05, 4.69) is 137 Å². The van der Waals surface area contributed by atoms with Gasteiger partial charge in [-0.05, 0) is 60.7 Å². The Morgan fingerprint density at radius 1 is 0.345 bits per heavy atom.